The van der Waals surface area contributed by atoms with Gasteiger partial charge < -0.3 is 9.84 Å². The Kier molecular flexibility index (Phi) is 3.50. The first-order valence-corrected chi connectivity index (χ1v) is 5.78. The van der Waals surface area contributed by atoms with Gasteiger partial charge in [-0.05, 0) is 30.7 Å². The minimum absolute atomic E-state index is 0.0822. The molecule has 1 N–H and O–H groups in total. The number of carbonyl (C=O) groups is 3. The molecule has 6 heteroatoms. The van der Waals surface area contributed by atoms with Gasteiger partial charge in [-0.15, -0.1) is 0 Å². The van der Waals surface area contributed by atoms with Crippen molar-refractivity contribution in [3.05, 3.63) is 29.8 Å². The lowest BCUT2D eigenvalue weighted by Crippen LogP contribution is -2.42. The third-order valence-electron chi connectivity index (χ3n) is 3.05. The van der Waals surface area contributed by atoms with Crippen LogP contribution in [0.15, 0.2) is 24.3 Å². The lowest BCUT2D eigenvalue weighted by atomic mass is 10.1. The number of rotatable bonds is 3. The summed E-state index contributed by atoms with van der Waals surface area (Å²) in [5.41, 5.74) is 0.266. The Balaban J connectivity index is 2.26. The summed E-state index contributed by atoms with van der Waals surface area (Å²) in [5.74, 6) is -1.61. The number of hydrogen-bond donors (Lipinski definition) is 1. The van der Waals surface area contributed by atoms with E-state index in [9.17, 15) is 14.4 Å². The Labute approximate surface area is 109 Å². The van der Waals surface area contributed by atoms with Gasteiger partial charge in [0.1, 0.15) is 11.8 Å². The van der Waals surface area contributed by atoms with E-state index in [-0.39, 0.29) is 18.4 Å². The Morgan fingerprint density at radius 1 is 1.32 bits per heavy atom. The van der Waals surface area contributed by atoms with Gasteiger partial charge in [-0.2, -0.15) is 0 Å². The second-order valence-corrected chi connectivity index (χ2v) is 4.19. The summed E-state index contributed by atoms with van der Waals surface area (Å²) < 4.78 is 4.97. The largest absolute Gasteiger partial charge is 0.497 e. The number of methoxy groups -OCH3 is 1. The first-order valence-electron chi connectivity index (χ1n) is 5.78. The van der Waals surface area contributed by atoms with Crippen molar-refractivity contribution in [2.45, 2.75) is 18.9 Å². The van der Waals surface area contributed by atoms with Crippen LogP contribution in [0.3, 0.4) is 0 Å². The van der Waals surface area contributed by atoms with Crippen molar-refractivity contribution in [1.29, 1.82) is 0 Å². The maximum Gasteiger partial charge on any atom is 0.326 e. The number of benzene rings is 1. The zero-order valence-corrected chi connectivity index (χ0v) is 10.3. The number of carboxylic acid groups (broad SMARTS) is 1. The van der Waals surface area contributed by atoms with Gasteiger partial charge in [-0.1, -0.05) is 0 Å². The minimum Gasteiger partial charge on any atom is -0.497 e. The van der Waals surface area contributed by atoms with Crippen molar-refractivity contribution in [2.24, 2.45) is 0 Å². The highest BCUT2D eigenvalue weighted by molar-refractivity contribution is 6.08. The number of likely N-dealkylation sites (tertiary alicyclic amines) is 1. The fraction of sp³-hybridized carbons (Fsp3) is 0.308. The highest BCUT2D eigenvalue weighted by atomic mass is 16.5. The lowest BCUT2D eigenvalue weighted by molar-refractivity contribution is -0.144. The minimum atomic E-state index is -1.16. The molecule has 0 bridgehead atoms. The molecule has 0 aromatic heterocycles. The van der Waals surface area contributed by atoms with E-state index in [2.05, 4.69) is 0 Å². The molecule has 1 atom stereocenters. The molecule has 100 valence electrons. The van der Waals surface area contributed by atoms with Gasteiger partial charge in [0.25, 0.3) is 5.91 Å². The summed E-state index contributed by atoms with van der Waals surface area (Å²) in [6.07, 6.45) is 0.245. The standard InChI is InChI=1S/C13H13NO5/c1-19-9-4-2-8(3-5-9)12(16)14-10(13(17)18)6-7-11(14)15/h2-5,10H,6-7H2,1H3,(H,17,18). The van der Waals surface area contributed by atoms with E-state index in [1.807, 2.05) is 0 Å². The number of imide groups is 1. The van der Waals surface area contributed by atoms with Gasteiger partial charge in [-0.25, -0.2) is 4.79 Å². The number of aliphatic carboxylic acids is 1. The lowest BCUT2D eigenvalue weighted by Gasteiger charge is -2.19. The molecule has 19 heavy (non-hydrogen) atoms. The molecule has 0 aliphatic carbocycles. The van der Waals surface area contributed by atoms with Crippen molar-refractivity contribution in [3.63, 3.8) is 0 Å². The molecule has 1 aliphatic rings. The van der Waals surface area contributed by atoms with E-state index < -0.39 is 23.8 Å². The summed E-state index contributed by atoms with van der Waals surface area (Å²) in [6, 6.07) is 5.12. The number of nitrogens with zero attached hydrogens (tertiary/aromatic N) is 1. The molecular weight excluding hydrogens is 250 g/mol. The van der Waals surface area contributed by atoms with Gasteiger partial charge in [-0.3, -0.25) is 14.5 Å². The number of hydrogen-bond acceptors (Lipinski definition) is 4. The van der Waals surface area contributed by atoms with Crippen LogP contribution in [0, 0.1) is 0 Å². The Bertz CT molecular complexity index is 522. The summed E-state index contributed by atoms with van der Waals surface area (Å²) in [6.45, 7) is 0. The molecule has 1 aliphatic heterocycles. The van der Waals surface area contributed by atoms with Gasteiger partial charge in [0.2, 0.25) is 5.91 Å². The van der Waals surface area contributed by atoms with E-state index in [4.69, 9.17) is 9.84 Å². The molecule has 2 amide bonds. The topological polar surface area (TPSA) is 83.9 Å². The highest BCUT2D eigenvalue weighted by Crippen LogP contribution is 2.22. The van der Waals surface area contributed by atoms with Crippen molar-refractivity contribution in [3.8, 4) is 5.75 Å². The summed E-state index contributed by atoms with van der Waals surface area (Å²) in [4.78, 5) is 35.7. The second kappa shape index (κ2) is 5.09. The highest BCUT2D eigenvalue weighted by Gasteiger charge is 2.40. The fourth-order valence-corrected chi connectivity index (χ4v) is 2.04. The van der Waals surface area contributed by atoms with Crippen LogP contribution in [-0.4, -0.2) is 40.9 Å². The third kappa shape index (κ3) is 2.42. The van der Waals surface area contributed by atoms with E-state index in [0.29, 0.717) is 5.75 Å². The van der Waals surface area contributed by atoms with Crippen LogP contribution in [-0.2, 0) is 9.59 Å². The molecule has 1 aromatic carbocycles. The quantitative estimate of drug-likeness (QED) is 0.819. The van der Waals surface area contributed by atoms with Crippen LogP contribution >= 0.6 is 0 Å². The average molecular weight is 263 g/mol. The van der Waals surface area contributed by atoms with E-state index in [1.54, 1.807) is 12.1 Å². The van der Waals surface area contributed by atoms with E-state index in [0.717, 1.165) is 4.90 Å². The molecule has 1 aromatic rings. The van der Waals surface area contributed by atoms with Crippen LogP contribution in [0.2, 0.25) is 0 Å². The van der Waals surface area contributed by atoms with Gasteiger partial charge in [0.05, 0.1) is 7.11 Å². The van der Waals surface area contributed by atoms with Gasteiger partial charge >= 0.3 is 5.97 Å². The maximum atomic E-state index is 12.2. The smallest absolute Gasteiger partial charge is 0.326 e. The van der Waals surface area contributed by atoms with Crippen molar-refractivity contribution < 1.29 is 24.2 Å². The fourth-order valence-electron chi connectivity index (χ4n) is 2.04. The Hall–Kier alpha value is -2.37. The average Bonchev–Trinajstić information content (AvgIpc) is 2.80. The Morgan fingerprint density at radius 3 is 2.47 bits per heavy atom. The van der Waals surface area contributed by atoms with Crippen molar-refractivity contribution in [2.75, 3.05) is 7.11 Å². The summed E-state index contributed by atoms with van der Waals surface area (Å²) in [7, 11) is 1.50. The number of carbonyl (C=O) groups excluding carboxylic acids is 2. The van der Waals surface area contributed by atoms with Gasteiger partial charge in [0.15, 0.2) is 0 Å². The number of carboxylic acids is 1. The van der Waals surface area contributed by atoms with Crippen LogP contribution in [0.5, 0.6) is 5.75 Å². The number of amides is 2. The first-order chi connectivity index (χ1) is 9.04. The number of ether oxygens (including phenoxy) is 1. The van der Waals surface area contributed by atoms with E-state index >= 15 is 0 Å². The third-order valence-corrected chi connectivity index (χ3v) is 3.05. The molecule has 1 fully saturated rings. The predicted octanol–water partition coefficient (Wildman–Crippen LogP) is 0.911. The zero-order chi connectivity index (χ0) is 14.0. The molecule has 1 saturated heterocycles. The second-order valence-electron chi connectivity index (χ2n) is 4.19. The van der Waals surface area contributed by atoms with E-state index in [1.165, 1.54) is 19.2 Å². The van der Waals surface area contributed by atoms with Crippen molar-refractivity contribution >= 4 is 17.8 Å². The molecule has 6 nitrogen and oxygen atoms in total. The monoisotopic (exact) mass is 263 g/mol. The first kappa shape index (κ1) is 13.1. The molecule has 0 radical (unpaired) electrons. The summed E-state index contributed by atoms with van der Waals surface area (Å²) in [5, 5.41) is 9.01. The molecule has 1 heterocycles. The maximum absolute atomic E-state index is 12.2. The molecular formula is C13H13NO5. The molecule has 0 saturated carbocycles. The van der Waals surface area contributed by atoms with Gasteiger partial charge in [0, 0.05) is 12.0 Å². The summed E-state index contributed by atoms with van der Waals surface area (Å²) >= 11 is 0. The van der Waals surface area contributed by atoms with Crippen LogP contribution in [0.4, 0.5) is 0 Å². The van der Waals surface area contributed by atoms with Crippen molar-refractivity contribution in [1.82, 2.24) is 4.90 Å². The predicted molar refractivity (Wildman–Crippen MR) is 64.8 cm³/mol. The van der Waals surface area contributed by atoms with Crippen LogP contribution in [0.1, 0.15) is 23.2 Å². The molecule has 2 rings (SSSR count). The SMILES string of the molecule is COc1ccc(C(=O)N2C(=O)CCC2C(=O)O)cc1. The Morgan fingerprint density at radius 2 is 1.95 bits per heavy atom. The molecule has 1 unspecified atom stereocenters. The zero-order valence-electron chi connectivity index (χ0n) is 10.3. The molecule has 0 spiro atoms. The van der Waals surface area contributed by atoms with Crippen LogP contribution < -0.4 is 4.74 Å². The van der Waals surface area contributed by atoms with Crippen LogP contribution in [0.25, 0.3) is 0 Å². The normalized spacial score (nSPS) is 18.5.